The molecule has 0 spiro atoms. The minimum atomic E-state index is -0.519. The van der Waals surface area contributed by atoms with Gasteiger partial charge in [-0.15, -0.1) is 0 Å². The van der Waals surface area contributed by atoms with Crippen molar-refractivity contribution < 1.29 is 14.1 Å². The van der Waals surface area contributed by atoms with E-state index in [1.165, 1.54) is 12.1 Å². The molecule has 7 nitrogen and oxygen atoms in total. The smallest absolute Gasteiger partial charge is 0.273 e. The molecule has 1 amide bonds. The van der Waals surface area contributed by atoms with Crippen LogP contribution in [-0.4, -0.2) is 20.4 Å². The summed E-state index contributed by atoms with van der Waals surface area (Å²) in [4.78, 5) is 26.7. The number of nitro groups is 1. The summed E-state index contributed by atoms with van der Waals surface area (Å²) in [6.07, 6.45) is 3.14. The van der Waals surface area contributed by atoms with Crippen molar-refractivity contribution in [2.24, 2.45) is 0 Å². The van der Waals surface area contributed by atoms with Gasteiger partial charge in [-0.2, -0.15) is 0 Å². The fraction of sp³-hybridized carbons (Fsp3) is 0.158. The Hall–Kier alpha value is -3.55. The zero-order valence-corrected chi connectivity index (χ0v) is 14.6. The number of halogens is 1. The SMILES string of the molecule is Cc1nccn1-c1ccc(CNC(=O)Cc2ccccc2[N+](=O)[O-])cc1F. The van der Waals surface area contributed by atoms with Crippen LogP contribution in [0.15, 0.2) is 54.9 Å². The molecule has 27 heavy (non-hydrogen) atoms. The summed E-state index contributed by atoms with van der Waals surface area (Å²) in [6, 6.07) is 10.8. The van der Waals surface area contributed by atoms with E-state index in [1.54, 1.807) is 54.2 Å². The second kappa shape index (κ2) is 7.77. The van der Waals surface area contributed by atoms with Gasteiger partial charge >= 0.3 is 0 Å². The Balaban J connectivity index is 1.65. The van der Waals surface area contributed by atoms with Crippen LogP contribution in [0.25, 0.3) is 5.69 Å². The van der Waals surface area contributed by atoms with Crippen molar-refractivity contribution in [2.75, 3.05) is 0 Å². The first-order valence-corrected chi connectivity index (χ1v) is 8.23. The van der Waals surface area contributed by atoms with E-state index in [2.05, 4.69) is 10.3 Å². The lowest BCUT2D eigenvalue weighted by molar-refractivity contribution is -0.385. The number of para-hydroxylation sites is 1. The van der Waals surface area contributed by atoms with E-state index >= 15 is 0 Å². The summed E-state index contributed by atoms with van der Waals surface area (Å²) >= 11 is 0. The van der Waals surface area contributed by atoms with E-state index in [-0.39, 0.29) is 24.6 Å². The van der Waals surface area contributed by atoms with Gasteiger partial charge in [0.2, 0.25) is 5.91 Å². The number of rotatable bonds is 6. The van der Waals surface area contributed by atoms with E-state index in [1.807, 2.05) is 0 Å². The first kappa shape index (κ1) is 18.2. The van der Waals surface area contributed by atoms with Crippen molar-refractivity contribution in [3.8, 4) is 5.69 Å². The lowest BCUT2D eigenvalue weighted by Gasteiger charge is -2.10. The normalized spacial score (nSPS) is 10.6. The molecule has 0 atom stereocenters. The van der Waals surface area contributed by atoms with Crippen LogP contribution in [0.5, 0.6) is 0 Å². The van der Waals surface area contributed by atoms with Gasteiger partial charge in [-0.3, -0.25) is 14.9 Å². The molecule has 1 aromatic heterocycles. The third-order valence-corrected chi connectivity index (χ3v) is 4.13. The predicted molar refractivity (Wildman–Crippen MR) is 96.9 cm³/mol. The number of nitrogens with zero attached hydrogens (tertiary/aromatic N) is 3. The third kappa shape index (κ3) is 4.17. The van der Waals surface area contributed by atoms with E-state index in [0.29, 0.717) is 22.6 Å². The fourth-order valence-electron chi connectivity index (χ4n) is 2.76. The van der Waals surface area contributed by atoms with Crippen LogP contribution in [-0.2, 0) is 17.8 Å². The van der Waals surface area contributed by atoms with Crippen molar-refractivity contribution >= 4 is 11.6 Å². The van der Waals surface area contributed by atoms with Crippen LogP contribution >= 0.6 is 0 Å². The highest BCUT2D eigenvalue weighted by molar-refractivity contribution is 5.79. The molecule has 3 aromatic rings. The summed E-state index contributed by atoms with van der Waals surface area (Å²) in [5.74, 6) is -0.139. The predicted octanol–water partition coefficient (Wildman–Crippen LogP) is 3.09. The van der Waals surface area contributed by atoms with Crippen LogP contribution in [0.3, 0.4) is 0 Å². The lowest BCUT2D eigenvalue weighted by atomic mass is 10.1. The monoisotopic (exact) mass is 368 g/mol. The van der Waals surface area contributed by atoms with Crippen LogP contribution in [0.2, 0.25) is 0 Å². The molecule has 0 saturated carbocycles. The lowest BCUT2D eigenvalue weighted by Crippen LogP contribution is -2.25. The Bertz CT molecular complexity index is 1000. The molecule has 0 radical (unpaired) electrons. The number of imidazole rings is 1. The Morgan fingerprint density at radius 2 is 2.07 bits per heavy atom. The molecular formula is C19H17FN4O3. The van der Waals surface area contributed by atoms with Gasteiger partial charge in [-0.05, 0) is 24.6 Å². The molecule has 0 unspecified atom stereocenters. The number of hydrogen-bond donors (Lipinski definition) is 1. The molecule has 3 rings (SSSR count). The second-order valence-electron chi connectivity index (χ2n) is 5.97. The summed E-state index contributed by atoms with van der Waals surface area (Å²) in [6.45, 7) is 1.90. The van der Waals surface area contributed by atoms with Crippen LogP contribution in [0.4, 0.5) is 10.1 Å². The molecule has 0 bridgehead atoms. The Morgan fingerprint density at radius 1 is 1.30 bits per heavy atom. The number of carbonyl (C=O) groups excluding carboxylic acids is 1. The van der Waals surface area contributed by atoms with Crippen molar-refractivity contribution in [3.63, 3.8) is 0 Å². The highest BCUT2D eigenvalue weighted by Crippen LogP contribution is 2.19. The maximum Gasteiger partial charge on any atom is 0.273 e. The Morgan fingerprint density at radius 3 is 2.74 bits per heavy atom. The molecule has 138 valence electrons. The van der Waals surface area contributed by atoms with E-state index in [9.17, 15) is 19.3 Å². The summed E-state index contributed by atoms with van der Waals surface area (Å²) in [5, 5.41) is 13.7. The zero-order chi connectivity index (χ0) is 19.4. The number of aryl methyl sites for hydroxylation is 1. The van der Waals surface area contributed by atoms with Gasteiger partial charge in [-0.25, -0.2) is 9.37 Å². The summed E-state index contributed by atoms with van der Waals surface area (Å²) < 4.78 is 16.0. The molecular weight excluding hydrogens is 351 g/mol. The molecule has 0 aliphatic carbocycles. The van der Waals surface area contributed by atoms with Crippen molar-refractivity contribution in [2.45, 2.75) is 19.9 Å². The largest absolute Gasteiger partial charge is 0.352 e. The number of benzene rings is 2. The summed E-state index contributed by atoms with van der Waals surface area (Å²) in [5.41, 5.74) is 1.20. The Labute approximate surface area is 154 Å². The van der Waals surface area contributed by atoms with Gasteiger partial charge in [0, 0.05) is 30.6 Å². The fourth-order valence-corrected chi connectivity index (χ4v) is 2.76. The van der Waals surface area contributed by atoms with Gasteiger partial charge in [-0.1, -0.05) is 24.3 Å². The van der Waals surface area contributed by atoms with Gasteiger partial charge in [0.25, 0.3) is 5.69 Å². The molecule has 0 aliphatic heterocycles. The van der Waals surface area contributed by atoms with Crippen molar-refractivity contribution in [1.29, 1.82) is 0 Å². The standard InChI is InChI=1S/C19H17FN4O3/c1-13-21-8-9-23(13)18-7-6-14(10-16(18)20)12-22-19(25)11-15-4-2-3-5-17(15)24(26)27/h2-10H,11-12H2,1H3,(H,22,25). The minimum absolute atomic E-state index is 0.0984. The first-order valence-electron chi connectivity index (χ1n) is 8.23. The number of amides is 1. The molecule has 0 aliphatic rings. The number of nitrogens with one attached hydrogen (secondary N) is 1. The number of carbonyl (C=O) groups is 1. The van der Waals surface area contributed by atoms with Gasteiger partial charge in [0.15, 0.2) is 0 Å². The Kier molecular flexibility index (Phi) is 5.25. The number of aromatic nitrogens is 2. The molecule has 2 aromatic carbocycles. The van der Waals surface area contributed by atoms with Crippen molar-refractivity contribution in [1.82, 2.24) is 14.9 Å². The van der Waals surface area contributed by atoms with Crippen LogP contribution in [0.1, 0.15) is 17.0 Å². The highest BCUT2D eigenvalue weighted by atomic mass is 19.1. The van der Waals surface area contributed by atoms with Gasteiger partial charge < -0.3 is 9.88 Å². The average molecular weight is 368 g/mol. The van der Waals surface area contributed by atoms with Gasteiger partial charge in [0.05, 0.1) is 17.0 Å². The van der Waals surface area contributed by atoms with E-state index in [4.69, 9.17) is 0 Å². The number of hydrogen-bond acceptors (Lipinski definition) is 4. The molecule has 1 heterocycles. The van der Waals surface area contributed by atoms with Crippen LogP contribution in [0, 0.1) is 22.9 Å². The average Bonchev–Trinajstić information content (AvgIpc) is 3.06. The first-order chi connectivity index (χ1) is 13.0. The minimum Gasteiger partial charge on any atom is -0.352 e. The molecule has 1 N–H and O–H groups in total. The summed E-state index contributed by atoms with van der Waals surface area (Å²) in [7, 11) is 0. The quantitative estimate of drug-likeness (QED) is 0.535. The van der Waals surface area contributed by atoms with E-state index < -0.39 is 10.7 Å². The topological polar surface area (TPSA) is 90.1 Å². The molecule has 0 fully saturated rings. The maximum absolute atomic E-state index is 14.4. The highest BCUT2D eigenvalue weighted by Gasteiger charge is 2.15. The zero-order valence-electron chi connectivity index (χ0n) is 14.6. The third-order valence-electron chi connectivity index (χ3n) is 4.13. The molecule has 0 saturated heterocycles. The van der Waals surface area contributed by atoms with Crippen molar-refractivity contribution in [3.05, 3.63) is 87.7 Å². The maximum atomic E-state index is 14.4. The molecule has 8 heteroatoms. The number of nitro benzene ring substituents is 1. The van der Waals surface area contributed by atoms with Gasteiger partial charge in [0.1, 0.15) is 11.6 Å². The van der Waals surface area contributed by atoms with Crippen LogP contribution < -0.4 is 5.32 Å². The second-order valence-corrected chi connectivity index (χ2v) is 5.97. The van der Waals surface area contributed by atoms with E-state index in [0.717, 1.165) is 0 Å².